The van der Waals surface area contributed by atoms with Crippen LogP contribution in [0.5, 0.6) is 0 Å². The van der Waals surface area contributed by atoms with Gasteiger partial charge in [-0.1, -0.05) is 18.0 Å². The SMILES string of the molecule is Cc1cc(-c2nc(C3CCCCCN3)no2)co1. The van der Waals surface area contributed by atoms with Crippen molar-refractivity contribution < 1.29 is 8.94 Å². The number of hydrogen-bond donors (Lipinski definition) is 1. The zero-order valence-electron chi connectivity index (χ0n) is 10.5. The Kier molecular flexibility index (Phi) is 3.15. The quantitative estimate of drug-likeness (QED) is 0.884. The Hall–Kier alpha value is -1.62. The lowest BCUT2D eigenvalue weighted by Gasteiger charge is -2.09. The van der Waals surface area contributed by atoms with Gasteiger partial charge in [0.2, 0.25) is 0 Å². The van der Waals surface area contributed by atoms with Gasteiger partial charge in [-0.3, -0.25) is 0 Å². The lowest BCUT2D eigenvalue weighted by Crippen LogP contribution is -2.21. The van der Waals surface area contributed by atoms with Gasteiger partial charge >= 0.3 is 0 Å². The highest BCUT2D eigenvalue weighted by atomic mass is 16.5. The number of hydrogen-bond acceptors (Lipinski definition) is 5. The second-order valence-corrected chi connectivity index (χ2v) is 4.76. The molecule has 2 aromatic heterocycles. The minimum Gasteiger partial charge on any atom is -0.469 e. The molecule has 5 heteroatoms. The molecule has 18 heavy (non-hydrogen) atoms. The molecule has 3 rings (SSSR count). The molecule has 0 saturated carbocycles. The molecule has 0 aromatic carbocycles. The van der Waals surface area contributed by atoms with Crippen molar-refractivity contribution in [3.8, 4) is 11.5 Å². The summed E-state index contributed by atoms with van der Waals surface area (Å²) in [6.45, 7) is 2.92. The molecule has 0 spiro atoms. The summed E-state index contributed by atoms with van der Waals surface area (Å²) in [5, 5.41) is 7.54. The summed E-state index contributed by atoms with van der Waals surface area (Å²) in [7, 11) is 0. The van der Waals surface area contributed by atoms with E-state index in [0.29, 0.717) is 5.89 Å². The monoisotopic (exact) mass is 247 g/mol. The molecule has 5 nitrogen and oxygen atoms in total. The second-order valence-electron chi connectivity index (χ2n) is 4.76. The van der Waals surface area contributed by atoms with Crippen LogP contribution in [-0.4, -0.2) is 16.7 Å². The van der Waals surface area contributed by atoms with Crippen LogP contribution in [0.15, 0.2) is 21.3 Å². The maximum Gasteiger partial charge on any atom is 0.261 e. The van der Waals surface area contributed by atoms with Crippen LogP contribution in [0.25, 0.3) is 11.5 Å². The molecule has 1 atom stereocenters. The molecule has 96 valence electrons. The Morgan fingerprint density at radius 3 is 3.11 bits per heavy atom. The first-order chi connectivity index (χ1) is 8.83. The highest BCUT2D eigenvalue weighted by Crippen LogP contribution is 2.24. The van der Waals surface area contributed by atoms with E-state index in [1.807, 2.05) is 13.0 Å². The number of nitrogens with one attached hydrogen (secondary N) is 1. The van der Waals surface area contributed by atoms with Crippen molar-refractivity contribution >= 4 is 0 Å². The summed E-state index contributed by atoms with van der Waals surface area (Å²) in [6.07, 6.45) is 6.43. The first kappa shape index (κ1) is 11.5. The topological polar surface area (TPSA) is 64.1 Å². The summed E-state index contributed by atoms with van der Waals surface area (Å²) in [4.78, 5) is 4.46. The highest BCUT2D eigenvalue weighted by Gasteiger charge is 2.20. The van der Waals surface area contributed by atoms with E-state index in [9.17, 15) is 0 Å². The van der Waals surface area contributed by atoms with Crippen LogP contribution in [0.3, 0.4) is 0 Å². The average molecular weight is 247 g/mol. The third kappa shape index (κ3) is 2.31. The van der Waals surface area contributed by atoms with E-state index >= 15 is 0 Å². The fourth-order valence-corrected chi connectivity index (χ4v) is 2.30. The van der Waals surface area contributed by atoms with Gasteiger partial charge in [0.05, 0.1) is 11.6 Å². The van der Waals surface area contributed by atoms with E-state index < -0.39 is 0 Å². The predicted octanol–water partition coefficient (Wildman–Crippen LogP) is 2.84. The Bertz CT molecular complexity index is 510. The first-order valence-corrected chi connectivity index (χ1v) is 6.45. The van der Waals surface area contributed by atoms with Crippen LogP contribution >= 0.6 is 0 Å². The Morgan fingerprint density at radius 2 is 2.28 bits per heavy atom. The summed E-state index contributed by atoms with van der Waals surface area (Å²) >= 11 is 0. The molecule has 1 aliphatic rings. The summed E-state index contributed by atoms with van der Waals surface area (Å²) in [6, 6.07) is 2.12. The molecule has 2 aromatic rings. The molecule has 0 aliphatic carbocycles. The standard InChI is InChI=1S/C13H17N3O2/c1-9-7-10(8-17-9)13-15-12(16-18-13)11-5-3-2-4-6-14-11/h7-8,11,14H,2-6H2,1H3. The molecular weight excluding hydrogens is 230 g/mol. The van der Waals surface area contributed by atoms with E-state index in [1.165, 1.54) is 19.3 Å². The van der Waals surface area contributed by atoms with Crippen LogP contribution in [0.1, 0.15) is 43.3 Å². The van der Waals surface area contributed by atoms with Crippen LogP contribution < -0.4 is 5.32 Å². The van der Waals surface area contributed by atoms with Gasteiger partial charge in [0.25, 0.3) is 5.89 Å². The molecule has 1 fully saturated rings. The van der Waals surface area contributed by atoms with Crippen LogP contribution in [0.2, 0.25) is 0 Å². The number of furan rings is 1. The predicted molar refractivity (Wildman–Crippen MR) is 65.9 cm³/mol. The van der Waals surface area contributed by atoms with E-state index in [2.05, 4.69) is 15.5 Å². The maximum absolute atomic E-state index is 5.30. The van der Waals surface area contributed by atoms with Crippen LogP contribution in [-0.2, 0) is 0 Å². The van der Waals surface area contributed by atoms with Gasteiger partial charge in [-0.25, -0.2) is 0 Å². The van der Waals surface area contributed by atoms with Gasteiger partial charge < -0.3 is 14.3 Å². The normalized spacial score (nSPS) is 20.8. The zero-order valence-corrected chi connectivity index (χ0v) is 10.5. The Morgan fingerprint density at radius 1 is 1.33 bits per heavy atom. The number of nitrogens with zero attached hydrogens (tertiary/aromatic N) is 2. The molecule has 1 N–H and O–H groups in total. The fourth-order valence-electron chi connectivity index (χ4n) is 2.30. The van der Waals surface area contributed by atoms with Gasteiger partial charge in [0.1, 0.15) is 12.0 Å². The first-order valence-electron chi connectivity index (χ1n) is 6.45. The van der Waals surface area contributed by atoms with Crippen molar-refractivity contribution in [2.45, 2.75) is 38.6 Å². The molecule has 1 saturated heterocycles. The summed E-state index contributed by atoms with van der Waals surface area (Å²) in [5.41, 5.74) is 0.847. The number of rotatable bonds is 2. The van der Waals surface area contributed by atoms with Crippen molar-refractivity contribution in [1.82, 2.24) is 15.5 Å². The minimum absolute atomic E-state index is 0.220. The zero-order chi connectivity index (χ0) is 12.4. The fraction of sp³-hybridized carbons (Fsp3) is 0.538. The Labute approximate surface area is 106 Å². The molecular formula is C13H17N3O2. The lowest BCUT2D eigenvalue weighted by molar-refractivity contribution is 0.402. The third-order valence-corrected chi connectivity index (χ3v) is 3.29. The van der Waals surface area contributed by atoms with Crippen molar-refractivity contribution in [1.29, 1.82) is 0 Å². The van der Waals surface area contributed by atoms with Crippen molar-refractivity contribution in [2.24, 2.45) is 0 Å². The Balaban J connectivity index is 1.80. The second kappa shape index (κ2) is 4.94. The molecule has 0 amide bonds. The number of aromatic nitrogens is 2. The van der Waals surface area contributed by atoms with Gasteiger partial charge in [-0.05, 0) is 32.4 Å². The summed E-state index contributed by atoms with van der Waals surface area (Å²) < 4.78 is 10.5. The van der Waals surface area contributed by atoms with E-state index in [1.54, 1.807) is 6.26 Å². The average Bonchev–Trinajstić information content (AvgIpc) is 2.92. The van der Waals surface area contributed by atoms with Gasteiger partial charge in [0.15, 0.2) is 5.82 Å². The van der Waals surface area contributed by atoms with E-state index in [0.717, 1.165) is 30.1 Å². The van der Waals surface area contributed by atoms with Gasteiger partial charge in [0, 0.05) is 0 Å². The van der Waals surface area contributed by atoms with Crippen molar-refractivity contribution in [3.05, 3.63) is 23.9 Å². The molecule has 0 radical (unpaired) electrons. The smallest absolute Gasteiger partial charge is 0.261 e. The van der Waals surface area contributed by atoms with Crippen molar-refractivity contribution in [2.75, 3.05) is 6.54 Å². The molecule has 1 aliphatic heterocycles. The van der Waals surface area contributed by atoms with Crippen molar-refractivity contribution in [3.63, 3.8) is 0 Å². The minimum atomic E-state index is 0.220. The van der Waals surface area contributed by atoms with Gasteiger partial charge in [-0.2, -0.15) is 4.98 Å². The molecule has 1 unspecified atom stereocenters. The van der Waals surface area contributed by atoms with E-state index in [-0.39, 0.29) is 6.04 Å². The molecule has 3 heterocycles. The highest BCUT2D eigenvalue weighted by molar-refractivity contribution is 5.51. The summed E-state index contributed by atoms with van der Waals surface area (Å²) in [5.74, 6) is 2.14. The largest absolute Gasteiger partial charge is 0.469 e. The number of aryl methyl sites for hydroxylation is 1. The lowest BCUT2D eigenvalue weighted by atomic mass is 10.1. The molecule has 0 bridgehead atoms. The van der Waals surface area contributed by atoms with Crippen LogP contribution in [0, 0.1) is 6.92 Å². The third-order valence-electron chi connectivity index (χ3n) is 3.29. The van der Waals surface area contributed by atoms with Gasteiger partial charge in [-0.15, -0.1) is 0 Å². The van der Waals surface area contributed by atoms with E-state index in [4.69, 9.17) is 8.94 Å². The maximum atomic E-state index is 5.30. The van der Waals surface area contributed by atoms with Crippen LogP contribution in [0.4, 0.5) is 0 Å².